The van der Waals surface area contributed by atoms with Crippen molar-refractivity contribution in [3.8, 4) is 0 Å². The van der Waals surface area contributed by atoms with Gasteiger partial charge in [-0.3, -0.25) is 9.59 Å². The van der Waals surface area contributed by atoms with Crippen LogP contribution in [0.3, 0.4) is 0 Å². The van der Waals surface area contributed by atoms with Gasteiger partial charge < -0.3 is 15.3 Å². The van der Waals surface area contributed by atoms with E-state index in [4.69, 9.17) is 0 Å². The average molecular weight is 294 g/mol. The number of carbonyl (C=O) groups excluding carboxylic acids is 1. The third-order valence-corrected chi connectivity index (χ3v) is 4.81. The van der Waals surface area contributed by atoms with Crippen molar-refractivity contribution in [3.63, 3.8) is 0 Å². The maximum atomic E-state index is 12.3. The standard InChI is InChI=1S/C16H26N2O3/c1-2-18-9-7-12(8-10-18)11-17-15(19)13-5-3-4-6-14(13)16(20)21/h3-4,12-14H,2,5-11H2,1H3,(H,17,19)(H,20,21). The predicted molar refractivity (Wildman–Crippen MR) is 80.8 cm³/mol. The number of carboxylic acid groups (broad SMARTS) is 1. The summed E-state index contributed by atoms with van der Waals surface area (Å²) in [5.74, 6) is -1.42. The van der Waals surface area contributed by atoms with E-state index in [1.807, 2.05) is 12.2 Å². The quantitative estimate of drug-likeness (QED) is 0.754. The summed E-state index contributed by atoms with van der Waals surface area (Å²) in [6.45, 7) is 6.14. The molecule has 2 N–H and O–H groups in total. The zero-order chi connectivity index (χ0) is 15.2. The first-order valence-corrected chi connectivity index (χ1v) is 7.99. The summed E-state index contributed by atoms with van der Waals surface area (Å²) >= 11 is 0. The first-order valence-electron chi connectivity index (χ1n) is 7.99. The molecular weight excluding hydrogens is 268 g/mol. The Hall–Kier alpha value is -1.36. The Morgan fingerprint density at radius 2 is 1.81 bits per heavy atom. The van der Waals surface area contributed by atoms with E-state index in [1.54, 1.807) is 0 Å². The summed E-state index contributed by atoms with van der Waals surface area (Å²) in [5.41, 5.74) is 0. The number of piperidine rings is 1. The predicted octanol–water partition coefficient (Wildman–Crippen LogP) is 1.50. The van der Waals surface area contributed by atoms with Gasteiger partial charge in [0.2, 0.25) is 5.91 Å². The highest BCUT2D eigenvalue weighted by molar-refractivity contribution is 5.85. The lowest BCUT2D eigenvalue weighted by Crippen LogP contribution is -2.42. The molecule has 0 spiro atoms. The Balaban J connectivity index is 1.79. The van der Waals surface area contributed by atoms with Gasteiger partial charge >= 0.3 is 5.97 Å². The average Bonchev–Trinajstić information content (AvgIpc) is 2.53. The third kappa shape index (κ3) is 4.30. The molecule has 2 unspecified atom stereocenters. The van der Waals surface area contributed by atoms with E-state index in [0.717, 1.165) is 32.5 Å². The summed E-state index contributed by atoms with van der Waals surface area (Å²) in [5, 5.41) is 12.2. The number of aliphatic carboxylic acids is 1. The van der Waals surface area contributed by atoms with Gasteiger partial charge in [-0.25, -0.2) is 0 Å². The summed E-state index contributed by atoms with van der Waals surface area (Å²) in [6, 6.07) is 0. The molecule has 5 nitrogen and oxygen atoms in total. The molecule has 1 aliphatic carbocycles. The van der Waals surface area contributed by atoms with E-state index < -0.39 is 17.8 Å². The molecule has 118 valence electrons. The number of hydrogen-bond donors (Lipinski definition) is 2. The number of nitrogens with zero attached hydrogens (tertiary/aromatic N) is 1. The van der Waals surface area contributed by atoms with E-state index in [0.29, 0.717) is 25.3 Å². The molecule has 0 aromatic carbocycles. The van der Waals surface area contributed by atoms with Crippen molar-refractivity contribution in [2.24, 2.45) is 17.8 Å². The van der Waals surface area contributed by atoms with Gasteiger partial charge in [0.25, 0.3) is 0 Å². The maximum Gasteiger partial charge on any atom is 0.307 e. The molecule has 1 amide bonds. The monoisotopic (exact) mass is 294 g/mol. The fourth-order valence-corrected chi connectivity index (χ4v) is 3.26. The Bertz CT molecular complexity index is 400. The molecule has 2 atom stereocenters. The van der Waals surface area contributed by atoms with E-state index >= 15 is 0 Å². The molecule has 0 aromatic rings. The lowest BCUT2D eigenvalue weighted by molar-refractivity contribution is -0.147. The molecule has 0 bridgehead atoms. The fraction of sp³-hybridized carbons (Fsp3) is 0.750. The molecule has 0 aromatic heterocycles. The van der Waals surface area contributed by atoms with Crippen molar-refractivity contribution in [1.29, 1.82) is 0 Å². The van der Waals surface area contributed by atoms with Crippen LogP contribution in [-0.2, 0) is 9.59 Å². The van der Waals surface area contributed by atoms with Crippen LogP contribution < -0.4 is 5.32 Å². The molecule has 0 saturated carbocycles. The van der Waals surface area contributed by atoms with E-state index in [9.17, 15) is 14.7 Å². The van der Waals surface area contributed by atoms with E-state index in [-0.39, 0.29) is 5.91 Å². The van der Waals surface area contributed by atoms with Crippen LogP contribution in [0.15, 0.2) is 12.2 Å². The number of hydrogen-bond acceptors (Lipinski definition) is 3. The van der Waals surface area contributed by atoms with Crippen LogP contribution in [0.5, 0.6) is 0 Å². The summed E-state index contributed by atoms with van der Waals surface area (Å²) in [7, 11) is 0. The SMILES string of the molecule is CCN1CCC(CNC(=O)C2CC=CCC2C(=O)O)CC1. The highest BCUT2D eigenvalue weighted by Gasteiger charge is 2.34. The Labute approximate surface area is 126 Å². The van der Waals surface area contributed by atoms with Crippen LogP contribution in [0, 0.1) is 17.8 Å². The van der Waals surface area contributed by atoms with Crippen LogP contribution in [0.25, 0.3) is 0 Å². The lowest BCUT2D eigenvalue weighted by atomic mass is 9.82. The van der Waals surface area contributed by atoms with Crippen molar-refractivity contribution < 1.29 is 14.7 Å². The van der Waals surface area contributed by atoms with Gasteiger partial charge in [0.05, 0.1) is 11.8 Å². The third-order valence-electron chi connectivity index (χ3n) is 4.81. The highest BCUT2D eigenvalue weighted by Crippen LogP contribution is 2.26. The number of rotatable bonds is 5. The Morgan fingerprint density at radius 3 is 2.38 bits per heavy atom. The zero-order valence-corrected chi connectivity index (χ0v) is 12.8. The lowest BCUT2D eigenvalue weighted by Gasteiger charge is -2.31. The van der Waals surface area contributed by atoms with Gasteiger partial charge in [0.15, 0.2) is 0 Å². The first kappa shape index (κ1) is 16.0. The fourth-order valence-electron chi connectivity index (χ4n) is 3.26. The number of nitrogens with one attached hydrogen (secondary N) is 1. The van der Waals surface area contributed by atoms with Gasteiger partial charge in [-0.05, 0) is 51.2 Å². The Morgan fingerprint density at radius 1 is 1.19 bits per heavy atom. The minimum Gasteiger partial charge on any atom is -0.481 e. The molecule has 2 aliphatic rings. The zero-order valence-electron chi connectivity index (χ0n) is 12.8. The number of amides is 1. The van der Waals surface area contributed by atoms with Crippen LogP contribution in [0.2, 0.25) is 0 Å². The number of allylic oxidation sites excluding steroid dienone is 2. The van der Waals surface area contributed by atoms with Crippen LogP contribution in [-0.4, -0.2) is 48.1 Å². The van der Waals surface area contributed by atoms with Crippen molar-refractivity contribution in [1.82, 2.24) is 10.2 Å². The van der Waals surface area contributed by atoms with Crippen molar-refractivity contribution in [3.05, 3.63) is 12.2 Å². The highest BCUT2D eigenvalue weighted by atomic mass is 16.4. The smallest absolute Gasteiger partial charge is 0.307 e. The minimum absolute atomic E-state index is 0.0929. The van der Waals surface area contributed by atoms with Gasteiger partial charge in [0.1, 0.15) is 0 Å². The van der Waals surface area contributed by atoms with Crippen LogP contribution in [0.1, 0.15) is 32.6 Å². The molecule has 1 fully saturated rings. The normalized spacial score (nSPS) is 27.5. The van der Waals surface area contributed by atoms with Gasteiger partial charge in [-0.15, -0.1) is 0 Å². The molecule has 1 heterocycles. The summed E-state index contributed by atoms with van der Waals surface area (Å²) in [4.78, 5) is 25.9. The first-order chi connectivity index (χ1) is 10.1. The van der Waals surface area contributed by atoms with Crippen LogP contribution >= 0.6 is 0 Å². The van der Waals surface area contributed by atoms with Crippen molar-refractivity contribution in [2.45, 2.75) is 32.6 Å². The van der Waals surface area contributed by atoms with Gasteiger partial charge in [-0.1, -0.05) is 19.1 Å². The second kappa shape index (κ2) is 7.59. The molecule has 1 saturated heterocycles. The number of carboxylic acids is 1. The summed E-state index contributed by atoms with van der Waals surface area (Å²) < 4.78 is 0. The molecule has 1 aliphatic heterocycles. The number of carbonyl (C=O) groups is 2. The number of likely N-dealkylation sites (tertiary alicyclic amines) is 1. The summed E-state index contributed by atoms with van der Waals surface area (Å²) in [6.07, 6.45) is 7.01. The molecule has 5 heteroatoms. The largest absolute Gasteiger partial charge is 0.481 e. The molecule has 21 heavy (non-hydrogen) atoms. The van der Waals surface area contributed by atoms with Crippen molar-refractivity contribution >= 4 is 11.9 Å². The second-order valence-electron chi connectivity index (χ2n) is 6.12. The second-order valence-corrected chi connectivity index (χ2v) is 6.12. The van der Waals surface area contributed by atoms with E-state index in [1.165, 1.54) is 0 Å². The maximum absolute atomic E-state index is 12.3. The van der Waals surface area contributed by atoms with Gasteiger partial charge in [-0.2, -0.15) is 0 Å². The Kier molecular flexibility index (Phi) is 5.79. The molecule has 2 rings (SSSR count). The molecule has 0 radical (unpaired) electrons. The van der Waals surface area contributed by atoms with Crippen LogP contribution in [0.4, 0.5) is 0 Å². The minimum atomic E-state index is -0.865. The van der Waals surface area contributed by atoms with E-state index in [2.05, 4.69) is 17.1 Å². The van der Waals surface area contributed by atoms with Gasteiger partial charge in [0, 0.05) is 6.54 Å². The van der Waals surface area contributed by atoms with Crippen molar-refractivity contribution in [2.75, 3.05) is 26.2 Å². The molecular formula is C16H26N2O3. The topological polar surface area (TPSA) is 69.6 Å².